The van der Waals surface area contributed by atoms with Crippen molar-refractivity contribution < 1.29 is 63.8 Å². The molecular formula is C81H100ClF3N10O11S4. The molecule has 29 heteroatoms. The number of aliphatic hydroxyl groups excluding tert-OH is 1. The second-order valence-corrected chi connectivity index (χ2v) is 37.4. The maximum atomic E-state index is 14.4. The molecule has 8 atom stereocenters. The standard InChI is InChI=1S/C81H100ClF3N10O11S4/c1-53(55-18-20-57(21-19-55)74-54(2)86-52-108-74)87-77(100)70-43-64(96)47-95(70)78(101)75(79(3,4)5)89-72(97)16-12-7-6-8-13-17-73(98)94-37-35-80(51-94)34-32-68(56-22-26-60(82)27-23-56)59(45-80)46-91-38-40-92(41-39-91)62-28-24-58(25-29-62)76(99)90-110(104,105)67-30-31-69(71(44-67)109(102,103)81(83,84)85)88-61(50-107-66-14-10-9-11-15-66)33-36-93-48-65-42-63(93)49-106-65/h9-11,14-15,18-31,44,52-53,61,63-65,70,75,88,96H,6-8,12-13,16-17,32-43,45-51H2,1-5H3,(H,87,100)(H,89,97)(H,90,99)/t53-,61+,63+,64+,65+,70-,75+,80-/m0/s1. The van der Waals surface area contributed by atoms with E-state index in [0.717, 1.165) is 114 Å². The molecule has 6 aliphatic rings. The van der Waals surface area contributed by atoms with Gasteiger partial charge in [0.15, 0.2) is 0 Å². The first-order valence-corrected chi connectivity index (χ1v) is 43.3. The number of nitrogens with one attached hydrogen (secondary N) is 4. The molecule has 12 rings (SSSR count). The fourth-order valence-electron chi connectivity index (χ4n) is 16.2. The molecule has 0 radical (unpaired) electrons. The van der Waals surface area contributed by atoms with Crippen molar-refractivity contribution in [2.24, 2.45) is 10.8 Å². The van der Waals surface area contributed by atoms with Crippen molar-refractivity contribution in [3.05, 3.63) is 160 Å². The summed E-state index contributed by atoms with van der Waals surface area (Å²) < 4.78 is 105. The molecule has 0 saturated carbocycles. The number of likely N-dealkylation sites (tertiary alicyclic amines) is 3. The maximum absolute atomic E-state index is 14.4. The molecule has 1 spiro atoms. The number of anilines is 2. The number of hydrogen-bond acceptors (Lipinski definition) is 18. The molecule has 110 heavy (non-hydrogen) atoms. The minimum Gasteiger partial charge on any atom is -0.391 e. The Bertz CT molecular complexity index is 4530. The van der Waals surface area contributed by atoms with Crippen LogP contribution in [0.1, 0.15) is 151 Å². The number of rotatable bonds is 30. The number of halogens is 4. The molecule has 0 unspecified atom stereocenters. The SMILES string of the molecule is Cc1ncsc1-c1ccc([C@H](C)NC(=O)[C@@H]2C[C@@H](O)CN2C(=O)[C@@H](NC(=O)CCCCCCCC(=O)N2CC[C@]3(CCC(c4ccc(Cl)cc4)=C(CN4CCN(c5ccc(C(=O)NS(=O)(=O)c6ccc(N[C@H](CCN7C[C@H]8C[C@@H]7CO8)CSc7ccccc7)c(S(=O)(=O)C(F)(F)F)c6)cc5)CC4)C3)C2)C(C)(C)C)cc1. The largest absolute Gasteiger partial charge is 0.501 e. The van der Waals surface area contributed by atoms with Crippen LogP contribution in [0, 0.1) is 17.8 Å². The van der Waals surface area contributed by atoms with E-state index in [1.54, 1.807) is 23.5 Å². The molecule has 5 aromatic carbocycles. The molecule has 2 bridgehead atoms. The summed E-state index contributed by atoms with van der Waals surface area (Å²) in [6.07, 6.45) is 8.60. The highest BCUT2D eigenvalue weighted by atomic mass is 35.5. The highest BCUT2D eigenvalue weighted by Gasteiger charge is 2.50. The average Bonchev–Trinajstić information content (AvgIpc) is 1.44. The molecular weight excluding hydrogens is 1510 g/mol. The number of amides is 5. The number of nitrogens with zero attached hydrogens (tertiary/aromatic N) is 6. The number of hydrogen-bond donors (Lipinski definition) is 5. The van der Waals surface area contributed by atoms with Gasteiger partial charge in [-0.1, -0.05) is 112 Å². The van der Waals surface area contributed by atoms with Crippen molar-refractivity contribution in [3.8, 4) is 10.4 Å². The molecule has 6 heterocycles. The number of aryl methyl sites for hydroxylation is 1. The minimum absolute atomic E-state index is 0.0206. The molecule has 1 aliphatic carbocycles. The van der Waals surface area contributed by atoms with E-state index in [0.29, 0.717) is 95.1 Å². The van der Waals surface area contributed by atoms with Crippen LogP contribution in [0.25, 0.3) is 16.0 Å². The van der Waals surface area contributed by atoms with Gasteiger partial charge in [0.2, 0.25) is 23.6 Å². The third-order valence-electron chi connectivity index (χ3n) is 22.5. The number of sulfone groups is 1. The maximum Gasteiger partial charge on any atom is 0.501 e. The van der Waals surface area contributed by atoms with Crippen molar-refractivity contribution in [3.63, 3.8) is 0 Å². The van der Waals surface area contributed by atoms with E-state index in [1.807, 2.05) is 116 Å². The Morgan fingerprint density at radius 1 is 0.809 bits per heavy atom. The van der Waals surface area contributed by atoms with Crippen LogP contribution in [0.2, 0.25) is 5.02 Å². The first-order chi connectivity index (χ1) is 52.4. The molecule has 5 N–H and O–H groups in total. The number of ether oxygens (including phenoxy) is 1. The van der Waals surface area contributed by atoms with Gasteiger partial charge in [-0.15, -0.1) is 23.1 Å². The quantitative estimate of drug-likeness (QED) is 0.0207. The molecule has 6 aromatic rings. The number of piperazine rings is 1. The van der Waals surface area contributed by atoms with Crippen LogP contribution >= 0.6 is 34.7 Å². The summed E-state index contributed by atoms with van der Waals surface area (Å²) in [7, 11) is -11.0. The Balaban J connectivity index is 0.593. The summed E-state index contributed by atoms with van der Waals surface area (Å²) in [5.74, 6) is -1.61. The number of carbonyl (C=O) groups excluding carboxylic acids is 5. The van der Waals surface area contributed by atoms with Gasteiger partial charge in [-0.25, -0.2) is 26.5 Å². The highest BCUT2D eigenvalue weighted by Crippen LogP contribution is 2.49. The van der Waals surface area contributed by atoms with Crippen molar-refractivity contribution >= 4 is 101 Å². The molecule has 592 valence electrons. The monoisotopic (exact) mass is 1610 g/mol. The zero-order valence-electron chi connectivity index (χ0n) is 62.9. The number of fused-ring (bicyclic) bond motifs is 2. The molecule has 1 aromatic heterocycles. The van der Waals surface area contributed by atoms with E-state index in [-0.39, 0.29) is 66.3 Å². The Labute approximate surface area is 656 Å². The van der Waals surface area contributed by atoms with E-state index in [9.17, 15) is 59.1 Å². The van der Waals surface area contributed by atoms with Crippen LogP contribution < -0.4 is 25.6 Å². The molecule has 5 saturated heterocycles. The Hall–Kier alpha value is -7.41. The smallest absolute Gasteiger partial charge is 0.391 e. The predicted molar refractivity (Wildman–Crippen MR) is 423 cm³/mol. The number of benzene rings is 5. The normalized spacial score (nSPS) is 21.5. The lowest BCUT2D eigenvalue weighted by molar-refractivity contribution is -0.144. The van der Waals surface area contributed by atoms with Crippen molar-refractivity contribution in [1.29, 1.82) is 0 Å². The molecule has 5 aliphatic heterocycles. The van der Waals surface area contributed by atoms with Gasteiger partial charge in [-0.05, 0) is 165 Å². The summed E-state index contributed by atoms with van der Waals surface area (Å²) in [6, 6.07) is 31.5. The second kappa shape index (κ2) is 35.3. The number of thiazole rings is 1. The Kier molecular flexibility index (Phi) is 26.4. The lowest BCUT2D eigenvalue weighted by Crippen LogP contribution is -2.57. The van der Waals surface area contributed by atoms with E-state index in [2.05, 4.69) is 47.8 Å². The van der Waals surface area contributed by atoms with Crippen molar-refractivity contribution in [2.75, 3.05) is 88.0 Å². The van der Waals surface area contributed by atoms with Crippen LogP contribution in [-0.4, -0.2) is 196 Å². The third-order valence-corrected chi connectivity index (χ3v) is 27.7. The van der Waals surface area contributed by atoms with Gasteiger partial charge in [0.25, 0.3) is 25.8 Å². The second-order valence-electron chi connectivity index (χ2n) is 31.4. The van der Waals surface area contributed by atoms with Gasteiger partial charge < -0.3 is 40.5 Å². The Morgan fingerprint density at radius 3 is 2.17 bits per heavy atom. The number of allylic oxidation sites excluding steroid dienone is 1. The van der Waals surface area contributed by atoms with Gasteiger partial charge in [0.1, 0.15) is 17.0 Å². The van der Waals surface area contributed by atoms with E-state index < -0.39 is 82.3 Å². The number of aliphatic hydroxyl groups is 1. The number of aromatic nitrogens is 1. The minimum atomic E-state index is -6.11. The number of morpholine rings is 1. The van der Waals surface area contributed by atoms with E-state index in [4.69, 9.17) is 16.3 Å². The number of unbranched alkanes of at least 4 members (excludes halogenated alkanes) is 4. The lowest BCUT2D eigenvalue weighted by atomic mass is 9.69. The topological polar surface area (TPSA) is 260 Å². The number of carbonyl (C=O) groups is 5. The van der Waals surface area contributed by atoms with Gasteiger partial charge in [0, 0.05) is 124 Å². The van der Waals surface area contributed by atoms with Gasteiger partial charge >= 0.3 is 5.51 Å². The zero-order valence-corrected chi connectivity index (χ0v) is 66.9. The average molecular weight is 1610 g/mol. The number of sulfonamides is 1. The van der Waals surface area contributed by atoms with Crippen molar-refractivity contribution in [1.82, 2.24) is 39.9 Å². The van der Waals surface area contributed by atoms with Crippen molar-refractivity contribution in [2.45, 2.75) is 187 Å². The highest BCUT2D eigenvalue weighted by molar-refractivity contribution is 7.99. The summed E-state index contributed by atoms with van der Waals surface area (Å²) in [4.78, 5) is 83.8. The van der Waals surface area contributed by atoms with Crippen LogP contribution in [-0.2, 0) is 43.8 Å². The fraction of sp³-hybridized carbons (Fsp3) is 0.506. The van der Waals surface area contributed by atoms with Gasteiger partial charge in [-0.2, -0.15) is 13.2 Å². The number of alkyl halides is 3. The molecule has 5 fully saturated rings. The molecule has 5 amide bonds. The first-order valence-electron chi connectivity index (χ1n) is 38.1. The summed E-state index contributed by atoms with van der Waals surface area (Å²) in [5.41, 5.74) is 2.24. The zero-order chi connectivity index (χ0) is 78.3. The number of thioether (sulfide) groups is 1. The van der Waals surface area contributed by atoms with Crippen LogP contribution in [0.15, 0.2) is 147 Å². The summed E-state index contributed by atoms with van der Waals surface area (Å²) in [6.45, 7) is 16.1. The fourth-order valence-corrected chi connectivity index (χ4v) is 20.2. The van der Waals surface area contributed by atoms with Crippen LogP contribution in [0.5, 0.6) is 0 Å². The van der Waals surface area contributed by atoms with Gasteiger partial charge in [0.05, 0.1) is 51.5 Å². The first kappa shape index (κ1) is 82.1. The summed E-state index contributed by atoms with van der Waals surface area (Å²) in [5, 5.41) is 20.5. The van der Waals surface area contributed by atoms with E-state index >= 15 is 0 Å². The lowest BCUT2D eigenvalue weighted by Gasteiger charge is -2.40. The van der Waals surface area contributed by atoms with Gasteiger partial charge in [-0.3, -0.25) is 33.8 Å². The van der Waals surface area contributed by atoms with Crippen LogP contribution in [0.3, 0.4) is 0 Å². The van der Waals surface area contributed by atoms with E-state index in [1.165, 1.54) is 39.9 Å². The molecule has 21 nitrogen and oxygen atoms in total. The summed E-state index contributed by atoms with van der Waals surface area (Å²) >= 11 is 9.40. The third kappa shape index (κ3) is 20.1. The predicted octanol–water partition coefficient (Wildman–Crippen LogP) is 12.7. The Morgan fingerprint density at radius 2 is 1.51 bits per heavy atom. The number of β-amino-alcohol motifs (C(OH)–C–C–N with tert-alkyl or cyclic N) is 1. The van der Waals surface area contributed by atoms with Crippen LogP contribution in [0.4, 0.5) is 24.5 Å².